The molecule has 2 heterocycles. The van der Waals surface area contributed by atoms with Crippen LogP contribution in [0.15, 0.2) is 6.07 Å². The number of rotatable bonds is 4. The van der Waals surface area contributed by atoms with E-state index in [9.17, 15) is 0 Å². The molecule has 0 atom stereocenters. The second-order valence-corrected chi connectivity index (χ2v) is 5.92. The van der Waals surface area contributed by atoms with E-state index < -0.39 is 0 Å². The van der Waals surface area contributed by atoms with Crippen molar-refractivity contribution in [1.29, 1.82) is 0 Å². The van der Waals surface area contributed by atoms with Crippen LogP contribution in [0.4, 0.5) is 0 Å². The molecule has 1 N–H and O–H groups in total. The van der Waals surface area contributed by atoms with Gasteiger partial charge in [-0.1, -0.05) is 26.1 Å². The Morgan fingerprint density at radius 2 is 2.16 bits per heavy atom. The lowest BCUT2D eigenvalue weighted by Gasteiger charge is -2.35. The number of H-pyrrole nitrogens is 1. The Hall–Kier alpha value is -0.780. The second-order valence-electron chi connectivity index (χ2n) is 5.50. The quantitative estimate of drug-likeness (QED) is 0.862. The van der Waals surface area contributed by atoms with Crippen LogP contribution >= 0.6 is 12.2 Å². The summed E-state index contributed by atoms with van der Waals surface area (Å²) in [6, 6.07) is 1.95. The summed E-state index contributed by atoms with van der Waals surface area (Å²) >= 11 is 5.29. The molecule has 1 aliphatic rings. The number of hydrogen-bond donors (Lipinski definition) is 1. The molecule has 0 radical (unpaired) electrons. The predicted octanol–water partition coefficient (Wildman–Crippen LogP) is 2.99. The molecule has 0 bridgehead atoms. The number of ether oxygens (including phenoxy) is 2. The number of nitrogens with zero attached hydrogens (tertiary/aromatic N) is 1. The van der Waals surface area contributed by atoms with Crippen LogP contribution in [0.3, 0.4) is 0 Å². The van der Waals surface area contributed by atoms with Gasteiger partial charge in [-0.2, -0.15) is 0 Å². The molecule has 1 aromatic heterocycles. The maximum Gasteiger partial charge on any atom is 0.140 e. The van der Waals surface area contributed by atoms with E-state index in [0.29, 0.717) is 23.8 Å². The first-order valence-corrected chi connectivity index (χ1v) is 7.20. The van der Waals surface area contributed by atoms with E-state index in [2.05, 4.69) is 23.8 Å². The molecule has 5 heteroatoms. The first-order chi connectivity index (χ1) is 9.05. The Morgan fingerprint density at radius 3 is 2.74 bits per heavy atom. The van der Waals surface area contributed by atoms with Crippen LogP contribution in [0.25, 0.3) is 0 Å². The van der Waals surface area contributed by atoms with Crippen LogP contribution in [0.5, 0.6) is 0 Å². The molecule has 1 aromatic rings. The smallest absolute Gasteiger partial charge is 0.140 e. The van der Waals surface area contributed by atoms with Crippen LogP contribution < -0.4 is 0 Å². The molecule has 0 saturated carbocycles. The van der Waals surface area contributed by atoms with E-state index in [1.165, 1.54) is 0 Å². The third kappa shape index (κ3) is 3.41. The SMILES string of the molecule is COC1(c2nc(=S)cc(CC(C)C)[nH]2)CCOCC1. The lowest BCUT2D eigenvalue weighted by atomic mass is 9.92. The number of aromatic nitrogens is 2. The van der Waals surface area contributed by atoms with E-state index in [1.807, 2.05) is 6.07 Å². The minimum absolute atomic E-state index is 0.376. The normalized spacial score (nSPS) is 18.7. The molecule has 0 amide bonds. The summed E-state index contributed by atoms with van der Waals surface area (Å²) in [6.45, 7) is 5.78. The Balaban J connectivity index is 2.36. The van der Waals surface area contributed by atoms with Gasteiger partial charge in [0.2, 0.25) is 0 Å². The molecular formula is C14H22N2O2S. The molecule has 2 rings (SSSR count). The largest absolute Gasteiger partial charge is 0.381 e. The van der Waals surface area contributed by atoms with Gasteiger partial charge in [-0.05, 0) is 18.4 Å². The highest BCUT2D eigenvalue weighted by molar-refractivity contribution is 7.71. The minimum Gasteiger partial charge on any atom is -0.381 e. The van der Waals surface area contributed by atoms with Gasteiger partial charge in [0, 0.05) is 38.9 Å². The maximum atomic E-state index is 5.76. The van der Waals surface area contributed by atoms with Crippen LogP contribution in [0.2, 0.25) is 0 Å². The van der Waals surface area contributed by atoms with Crippen molar-refractivity contribution < 1.29 is 9.47 Å². The van der Waals surface area contributed by atoms with Crippen molar-refractivity contribution in [3.63, 3.8) is 0 Å². The van der Waals surface area contributed by atoms with Gasteiger partial charge in [-0.3, -0.25) is 0 Å². The molecular weight excluding hydrogens is 260 g/mol. The van der Waals surface area contributed by atoms with Gasteiger partial charge in [0.15, 0.2) is 0 Å². The monoisotopic (exact) mass is 282 g/mol. The van der Waals surface area contributed by atoms with Crippen LogP contribution in [-0.2, 0) is 21.5 Å². The van der Waals surface area contributed by atoms with Gasteiger partial charge >= 0.3 is 0 Å². The summed E-state index contributed by atoms with van der Waals surface area (Å²) in [5, 5.41) is 0. The minimum atomic E-state index is -0.376. The number of hydrogen-bond acceptors (Lipinski definition) is 4. The predicted molar refractivity (Wildman–Crippen MR) is 76.7 cm³/mol. The van der Waals surface area contributed by atoms with Crippen molar-refractivity contribution in [2.75, 3.05) is 20.3 Å². The highest BCUT2D eigenvalue weighted by Crippen LogP contribution is 2.33. The molecule has 1 aliphatic heterocycles. The van der Waals surface area contributed by atoms with E-state index in [4.69, 9.17) is 21.7 Å². The van der Waals surface area contributed by atoms with Gasteiger partial charge in [0.05, 0.1) is 0 Å². The third-order valence-corrected chi connectivity index (χ3v) is 3.76. The molecule has 1 saturated heterocycles. The van der Waals surface area contributed by atoms with Crippen molar-refractivity contribution in [3.8, 4) is 0 Å². The van der Waals surface area contributed by atoms with Crippen LogP contribution in [0, 0.1) is 10.6 Å². The number of aromatic amines is 1. The van der Waals surface area contributed by atoms with Crippen LogP contribution in [0.1, 0.15) is 38.2 Å². The topological polar surface area (TPSA) is 47.1 Å². The summed E-state index contributed by atoms with van der Waals surface area (Å²) in [7, 11) is 1.74. The van der Waals surface area contributed by atoms with Gasteiger partial charge < -0.3 is 14.5 Å². The Morgan fingerprint density at radius 1 is 1.47 bits per heavy atom. The first kappa shape index (κ1) is 14.6. The van der Waals surface area contributed by atoms with Gasteiger partial charge in [0.25, 0.3) is 0 Å². The van der Waals surface area contributed by atoms with Gasteiger partial charge in [-0.15, -0.1) is 0 Å². The van der Waals surface area contributed by atoms with Crippen LogP contribution in [-0.4, -0.2) is 30.3 Å². The number of nitrogens with one attached hydrogen (secondary N) is 1. The van der Waals surface area contributed by atoms with Crippen molar-refractivity contribution in [2.24, 2.45) is 5.92 Å². The lowest BCUT2D eigenvalue weighted by molar-refractivity contribution is -0.100. The average molecular weight is 282 g/mol. The molecule has 0 spiro atoms. The fraction of sp³-hybridized carbons (Fsp3) is 0.714. The van der Waals surface area contributed by atoms with Crippen molar-refractivity contribution in [2.45, 2.75) is 38.7 Å². The zero-order valence-corrected chi connectivity index (χ0v) is 12.7. The number of methoxy groups -OCH3 is 1. The zero-order chi connectivity index (χ0) is 13.9. The first-order valence-electron chi connectivity index (χ1n) is 6.79. The fourth-order valence-electron chi connectivity index (χ4n) is 2.51. The van der Waals surface area contributed by atoms with E-state index in [0.717, 1.165) is 30.8 Å². The molecule has 4 nitrogen and oxygen atoms in total. The lowest BCUT2D eigenvalue weighted by Crippen LogP contribution is -2.37. The van der Waals surface area contributed by atoms with Gasteiger partial charge in [-0.25, -0.2) is 4.98 Å². The summed E-state index contributed by atoms with van der Waals surface area (Å²) in [5.41, 5.74) is 0.756. The van der Waals surface area contributed by atoms with Crippen molar-refractivity contribution in [3.05, 3.63) is 22.2 Å². The molecule has 0 aromatic carbocycles. The summed E-state index contributed by atoms with van der Waals surface area (Å²) in [5.74, 6) is 1.43. The Kier molecular flexibility index (Phi) is 4.71. The fourth-order valence-corrected chi connectivity index (χ4v) is 2.75. The van der Waals surface area contributed by atoms with E-state index >= 15 is 0 Å². The third-order valence-electron chi connectivity index (χ3n) is 3.55. The molecule has 1 fully saturated rings. The standard InChI is InChI=1S/C14H22N2O2S/c1-10(2)8-11-9-12(19)16-13(15-11)14(17-3)4-6-18-7-5-14/h9-10H,4-8H2,1-3H3,(H,15,16,19). The Labute approximate surface area is 119 Å². The zero-order valence-electron chi connectivity index (χ0n) is 11.9. The summed E-state index contributed by atoms with van der Waals surface area (Å²) < 4.78 is 11.8. The van der Waals surface area contributed by atoms with Crippen molar-refractivity contribution in [1.82, 2.24) is 9.97 Å². The molecule has 19 heavy (non-hydrogen) atoms. The van der Waals surface area contributed by atoms with Crippen molar-refractivity contribution >= 4 is 12.2 Å². The molecule has 0 unspecified atom stereocenters. The molecule has 0 aliphatic carbocycles. The Bertz CT molecular complexity index is 479. The second kappa shape index (κ2) is 6.11. The highest BCUT2D eigenvalue weighted by atomic mass is 32.1. The van der Waals surface area contributed by atoms with E-state index in [1.54, 1.807) is 7.11 Å². The molecule has 106 valence electrons. The maximum absolute atomic E-state index is 5.76. The highest BCUT2D eigenvalue weighted by Gasteiger charge is 2.37. The van der Waals surface area contributed by atoms with Gasteiger partial charge in [0.1, 0.15) is 16.1 Å². The average Bonchev–Trinajstić information content (AvgIpc) is 2.38. The van der Waals surface area contributed by atoms with E-state index in [-0.39, 0.29) is 5.60 Å². The summed E-state index contributed by atoms with van der Waals surface area (Å²) in [4.78, 5) is 7.91. The summed E-state index contributed by atoms with van der Waals surface area (Å²) in [6.07, 6.45) is 2.59.